The number of alkyl carbamates (subject to hydrolysis) is 2. The standard InChI is InChI=1S/C27H32Cl2N6O4.C18H16Cl2N4O4S.C10H20N2O2.CH4/c1-27(2,3)39-26(36)34-17-10-6-9-16(17)33-21-12-18(31-14-32-21)15-8-7-11-30-25(15)35-24-22(28)19(37-4)13-20(38-5)23(24)29;1-27-12-8-13(28-2)16(20)17(15(12)19)24-18-10(5-4-6-21-18)11-7-14(23-9-22-11)29(3,25)26;1-10(2,3)14-9(13)12-8-6-4-5-7(8)11;/h7-8,11-14,16-17H,6,9-10H2,1-5H3,(H,30,35)(H,34,36)(H,31,32,33);4-9H,1-3H3,(H,21,24);7-8H,4-6,11H2,1-3H3,(H,12,13);1H4/t16?,17-;;7-,8+;/m0.1./s1. The number of hydrogen-bond acceptors (Lipinski definition) is 20. The molecule has 8 rings (SSSR count). The fraction of sp³-hybridized carbons (Fsp3) is 0.429. The average molecular weight is 1250 g/mol. The Labute approximate surface area is 504 Å². The van der Waals surface area contributed by atoms with Gasteiger partial charge >= 0.3 is 12.2 Å². The van der Waals surface area contributed by atoms with Crippen molar-refractivity contribution in [2.24, 2.45) is 5.73 Å². The number of hydrogen-bond donors (Lipinski definition) is 6. The molecule has 2 aliphatic rings. The van der Waals surface area contributed by atoms with E-state index < -0.39 is 27.1 Å². The Morgan fingerprint density at radius 3 is 1.41 bits per heavy atom. The Morgan fingerprint density at radius 1 is 0.578 bits per heavy atom. The van der Waals surface area contributed by atoms with Crippen LogP contribution in [0.15, 0.2) is 78.6 Å². The van der Waals surface area contributed by atoms with Gasteiger partial charge in [0.05, 0.1) is 57.2 Å². The number of carbonyl (C=O) groups is 2. The number of amides is 2. The number of benzene rings is 2. The molecule has 4 atom stereocenters. The molecule has 0 spiro atoms. The molecule has 22 nitrogen and oxygen atoms in total. The highest BCUT2D eigenvalue weighted by Crippen LogP contribution is 2.47. The van der Waals surface area contributed by atoms with Crippen molar-refractivity contribution in [1.29, 1.82) is 0 Å². The molecule has 6 aromatic rings. The fourth-order valence-electron chi connectivity index (χ4n) is 8.51. The number of pyridine rings is 2. The number of nitrogens with one attached hydrogen (secondary N) is 5. The highest BCUT2D eigenvalue weighted by Gasteiger charge is 2.31. The van der Waals surface area contributed by atoms with E-state index in [9.17, 15) is 18.0 Å². The number of aromatic nitrogens is 6. The SMILES string of the molecule is C.CC(C)(C)OC(=O)N[C@H]1CCC[C@H]1N.COc1cc(OC)c(Cl)c(Nc2ncccc2-c2cc(NC3CCC[C@@H]3NC(=O)OC(C)(C)C)ncn2)c1Cl.COc1cc(OC)c(Cl)c(Nc2ncccc2-c2cc(S(C)(=O)=O)ncn2)c1Cl. The third kappa shape index (κ3) is 18.6. The Hall–Kier alpha value is -6.89. The number of methoxy groups -OCH3 is 4. The lowest BCUT2D eigenvalue weighted by Crippen LogP contribution is -2.45. The van der Waals surface area contributed by atoms with E-state index in [4.69, 9.17) is 80.6 Å². The first-order valence-corrected chi connectivity index (χ1v) is 29.1. The maximum atomic E-state index is 12.3. The first-order chi connectivity index (χ1) is 38.7. The van der Waals surface area contributed by atoms with E-state index in [1.54, 1.807) is 36.7 Å². The minimum Gasteiger partial charge on any atom is -0.495 e. The van der Waals surface area contributed by atoms with Crippen molar-refractivity contribution >= 4 is 97.3 Å². The quantitative estimate of drug-likeness (QED) is 0.0521. The molecular formula is C56H72Cl4N12O10S. The molecule has 0 saturated heterocycles. The lowest BCUT2D eigenvalue weighted by Gasteiger charge is -2.25. The summed E-state index contributed by atoms with van der Waals surface area (Å²) in [5.41, 5.74) is 7.74. The van der Waals surface area contributed by atoms with E-state index in [1.807, 2.05) is 59.7 Å². The van der Waals surface area contributed by atoms with Gasteiger partial charge in [-0.2, -0.15) is 0 Å². The van der Waals surface area contributed by atoms with Gasteiger partial charge < -0.3 is 60.7 Å². The van der Waals surface area contributed by atoms with Crippen molar-refractivity contribution < 1.29 is 46.4 Å². The number of nitrogens with zero attached hydrogens (tertiary/aromatic N) is 6. The Bertz CT molecular complexity index is 3260. The maximum Gasteiger partial charge on any atom is 0.407 e. The van der Waals surface area contributed by atoms with E-state index in [0.29, 0.717) is 74.3 Å². The van der Waals surface area contributed by atoms with Crippen LogP contribution in [0.25, 0.3) is 22.5 Å². The van der Waals surface area contributed by atoms with Crippen molar-refractivity contribution in [1.82, 2.24) is 40.5 Å². The zero-order valence-electron chi connectivity index (χ0n) is 47.2. The Balaban J connectivity index is 0.000000251. The molecule has 1 unspecified atom stereocenters. The van der Waals surface area contributed by atoms with Crippen LogP contribution in [0.4, 0.5) is 38.4 Å². The Kier molecular flexibility index (Phi) is 23.8. The van der Waals surface area contributed by atoms with Crippen LogP contribution in [-0.4, -0.2) is 121 Å². The number of sulfone groups is 1. The second-order valence-electron chi connectivity index (χ2n) is 20.7. The van der Waals surface area contributed by atoms with Crippen LogP contribution in [0.3, 0.4) is 0 Å². The molecule has 4 heterocycles. The zero-order valence-corrected chi connectivity index (χ0v) is 51.1. The predicted octanol–water partition coefficient (Wildman–Crippen LogP) is 12.5. The molecule has 83 heavy (non-hydrogen) atoms. The minimum atomic E-state index is -3.50. The highest BCUT2D eigenvalue weighted by atomic mass is 35.5. The summed E-state index contributed by atoms with van der Waals surface area (Å²) in [5, 5.41) is 16.5. The monoisotopic (exact) mass is 1240 g/mol. The van der Waals surface area contributed by atoms with Gasteiger partial charge in [-0.3, -0.25) is 0 Å². The van der Waals surface area contributed by atoms with Gasteiger partial charge in [0, 0.05) is 72.2 Å². The number of rotatable bonds is 15. The van der Waals surface area contributed by atoms with Gasteiger partial charge in [0.25, 0.3) is 0 Å². The minimum absolute atomic E-state index is 0. The molecule has 7 N–H and O–H groups in total. The second-order valence-corrected chi connectivity index (χ2v) is 24.2. The predicted molar refractivity (Wildman–Crippen MR) is 325 cm³/mol. The lowest BCUT2D eigenvalue weighted by atomic mass is 10.1. The summed E-state index contributed by atoms with van der Waals surface area (Å²) in [5.74, 6) is 2.96. The molecular weight excluding hydrogens is 1170 g/mol. The van der Waals surface area contributed by atoms with Crippen molar-refractivity contribution in [3.63, 3.8) is 0 Å². The topological polar surface area (TPSA) is 287 Å². The molecule has 450 valence electrons. The normalized spacial score (nSPS) is 16.5. The average Bonchev–Trinajstić information content (AvgIpc) is 4.15. The molecule has 2 amide bonds. The largest absolute Gasteiger partial charge is 0.495 e. The molecule has 2 aromatic carbocycles. The van der Waals surface area contributed by atoms with E-state index in [2.05, 4.69) is 56.5 Å². The summed E-state index contributed by atoms with van der Waals surface area (Å²) in [6.45, 7) is 11.1. The molecule has 2 fully saturated rings. The van der Waals surface area contributed by atoms with Crippen LogP contribution in [-0.2, 0) is 19.3 Å². The number of nitrogens with two attached hydrogens (primary N) is 1. The van der Waals surface area contributed by atoms with Gasteiger partial charge in [0.2, 0.25) is 0 Å². The van der Waals surface area contributed by atoms with Crippen molar-refractivity contribution in [3.8, 4) is 45.5 Å². The van der Waals surface area contributed by atoms with Gasteiger partial charge in [0.1, 0.15) is 84.4 Å². The Morgan fingerprint density at radius 2 is 0.988 bits per heavy atom. The van der Waals surface area contributed by atoms with Crippen molar-refractivity contribution in [2.75, 3.05) is 50.6 Å². The number of ether oxygens (including phenoxy) is 6. The van der Waals surface area contributed by atoms with E-state index in [1.165, 1.54) is 47.2 Å². The van der Waals surface area contributed by atoms with Crippen LogP contribution in [0.5, 0.6) is 23.0 Å². The molecule has 2 saturated carbocycles. The van der Waals surface area contributed by atoms with Gasteiger partial charge in [-0.25, -0.2) is 47.9 Å². The highest BCUT2D eigenvalue weighted by molar-refractivity contribution is 7.90. The van der Waals surface area contributed by atoms with E-state index in [0.717, 1.165) is 44.8 Å². The lowest BCUT2D eigenvalue weighted by molar-refractivity contribution is 0.0490. The van der Waals surface area contributed by atoms with E-state index >= 15 is 0 Å². The molecule has 0 aliphatic heterocycles. The van der Waals surface area contributed by atoms with E-state index in [-0.39, 0.29) is 62.8 Å². The molecule has 27 heteroatoms. The summed E-state index contributed by atoms with van der Waals surface area (Å²) < 4.78 is 55.5. The van der Waals surface area contributed by atoms with Crippen LogP contribution >= 0.6 is 46.4 Å². The zero-order chi connectivity index (χ0) is 60.1. The third-order valence-corrected chi connectivity index (χ3v) is 14.8. The summed E-state index contributed by atoms with van der Waals surface area (Å²) in [6.07, 6.45) is 11.9. The van der Waals surface area contributed by atoms with Gasteiger partial charge in [-0.05, 0) is 104 Å². The van der Waals surface area contributed by atoms with Gasteiger partial charge in [-0.15, -0.1) is 0 Å². The van der Waals surface area contributed by atoms with Crippen molar-refractivity contribution in [3.05, 3.63) is 93.7 Å². The number of carbonyl (C=O) groups excluding carboxylic acids is 2. The number of halogens is 4. The first kappa shape index (κ1) is 66.9. The van der Waals surface area contributed by atoms with Crippen molar-refractivity contribution in [2.45, 2.75) is 128 Å². The van der Waals surface area contributed by atoms with Crippen LogP contribution < -0.4 is 51.3 Å². The fourth-order valence-corrected chi connectivity index (χ4v) is 10.3. The first-order valence-electron chi connectivity index (χ1n) is 25.7. The molecule has 0 bridgehead atoms. The second kappa shape index (κ2) is 29.6. The smallest absolute Gasteiger partial charge is 0.407 e. The summed E-state index contributed by atoms with van der Waals surface area (Å²) >= 11 is 26.0. The number of anilines is 5. The maximum absolute atomic E-state index is 12.3. The summed E-state index contributed by atoms with van der Waals surface area (Å²) in [7, 11) is 2.46. The third-order valence-electron chi connectivity index (χ3n) is 12.3. The molecule has 0 radical (unpaired) electrons. The van der Waals surface area contributed by atoms with Gasteiger partial charge in [0.15, 0.2) is 14.9 Å². The van der Waals surface area contributed by atoms with Crippen LogP contribution in [0.1, 0.15) is 87.5 Å². The van der Waals surface area contributed by atoms with Crippen LogP contribution in [0.2, 0.25) is 20.1 Å². The summed E-state index contributed by atoms with van der Waals surface area (Å²) in [4.78, 5) is 49.4. The summed E-state index contributed by atoms with van der Waals surface area (Å²) in [6, 6.07) is 13.6. The molecule has 4 aromatic heterocycles. The molecule has 2 aliphatic carbocycles. The van der Waals surface area contributed by atoms with Crippen LogP contribution in [0, 0.1) is 0 Å². The van der Waals surface area contributed by atoms with Gasteiger partial charge in [-0.1, -0.05) is 53.8 Å².